The molecule has 1 heterocycles. The van der Waals surface area contributed by atoms with E-state index in [-0.39, 0.29) is 53.3 Å². The number of nitrogens with one attached hydrogen (secondary N) is 5. The van der Waals surface area contributed by atoms with Crippen molar-refractivity contribution in [2.45, 2.75) is 90.0 Å². The molecule has 260 valence electrons. The van der Waals surface area contributed by atoms with E-state index < -0.39 is 65.2 Å². The molecule has 0 bridgehead atoms. The number of thiol groups is 1. The topological polar surface area (TPSA) is 132 Å². The third kappa shape index (κ3) is 8.13. The second-order valence-corrected chi connectivity index (χ2v) is 12.7. The number of rotatable bonds is 12. The van der Waals surface area contributed by atoms with Gasteiger partial charge in [0, 0.05) is 17.1 Å². The number of carbonyl (C=O) groups is 4. The molecule has 1 unspecified atom stereocenters. The number of alkyl halides is 3. The van der Waals surface area contributed by atoms with Crippen LogP contribution in [-0.2, 0) is 38.2 Å². The highest BCUT2D eigenvalue weighted by molar-refractivity contribution is 7.78. The quantitative estimate of drug-likeness (QED) is 0.117. The first-order valence-electron chi connectivity index (χ1n) is 16.0. The van der Waals surface area contributed by atoms with Crippen LogP contribution in [-0.4, -0.2) is 46.7 Å². The third-order valence-electron chi connectivity index (χ3n) is 9.29. The van der Waals surface area contributed by atoms with Gasteiger partial charge in [-0.3, -0.25) is 19.2 Å². The fraction of sp³-hybridized carbons (Fsp3) is 0.471. The lowest BCUT2D eigenvalue weighted by molar-refractivity contribution is -0.136. The fourth-order valence-corrected chi connectivity index (χ4v) is 6.32. The molecular weight excluding hydrogens is 650 g/mol. The molecule has 14 heteroatoms. The summed E-state index contributed by atoms with van der Waals surface area (Å²) in [4.78, 5) is 56.1. The van der Waals surface area contributed by atoms with Crippen LogP contribution in [0, 0.1) is 17.7 Å². The van der Waals surface area contributed by atoms with Gasteiger partial charge in [-0.25, -0.2) is 4.39 Å². The van der Waals surface area contributed by atoms with Crippen molar-refractivity contribution in [1.82, 2.24) is 25.7 Å². The Labute approximate surface area is 281 Å². The van der Waals surface area contributed by atoms with E-state index in [1.165, 1.54) is 30.3 Å². The van der Waals surface area contributed by atoms with Crippen LogP contribution in [0.15, 0.2) is 42.5 Å². The molecule has 48 heavy (non-hydrogen) atoms. The van der Waals surface area contributed by atoms with Crippen molar-refractivity contribution in [3.8, 4) is 0 Å². The zero-order valence-electron chi connectivity index (χ0n) is 27.1. The standard InChI is InChI=1S/C34H41F4N5O4S/c1-5-17(3)27(40-26(44)14-19-10-7-8-13-25(19)35)32(46)39-20-15-22-21-11-9-12-24(34(36,37)38)30(21)41-29(22)23(16-20)31(45)42-28(18(4)6-2)33(47)43-48/h7-13,17-18,20,23,27-28,41,48H,5-6,14-16H2,1-4H3,(H,39,46)(H,40,44)(H,42,45)(H,43,47)/t17-,18-,20-,23?,27-,28-/m0/s1. The maximum Gasteiger partial charge on any atom is 0.418 e. The van der Waals surface area contributed by atoms with Crippen molar-refractivity contribution in [3.63, 3.8) is 0 Å². The van der Waals surface area contributed by atoms with Crippen LogP contribution in [0.4, 0.5) is 17.6 Å². The Balaban J connectivity index is 1.66. The number of halogens is 4. The Bertz CT molecular complexity index is 1660. The van der Waals surface area contributed by atoms with Crippen LogP contribution in [0.5, 0.6) is 0 Å². The zero-order valence-corrected chi connectivity index (χ0v) is 28.0. The summed E-state index contributed by atoms with van der Waals surface area (Å²) in [6.45, 7) is 7.25. The third-order valence-corrected chi connectivity index (χ3v) is 9.51. The highest BCUT2D eigenvalue weighted by Gasteiger charge is 2.40. The molecule has 3 aromatic rings. The van der Waals surface area contributed by atoms with Gasteiger partial charge in [0.1, 0.15) is 17.9 Å². The molecule has 1 aromatic heterocycles. The van der Waals surface area contributed by atoms with Crippen LogP contribution >= 0.6 is 12.8 Å². The molecule has 4 amide bonds. The summed E-state index contributed by atoms with van der Waals surface area (Å²) in [5, 5.41) is 8.66. The first-order chi connectivity index (χ1) is 22.7. The fourth-order valence-electron chi connectivity index (χ4n) is 6.18. The average molecular weight is 692 g/mol. The van der Waals surface area contributed by atoms with E-state index in [4.69, 9.17) is 0 Å². The molecule has 2 aromatic carbocycles. The molecule has 5 N–H and O–H groups in total. The average Bonchev–Trinajstić information content (AvgIpc) is 3.43. The maximum atomic E-state index is 14.2. The number of amides is 4. The summed E-state index contributed by atoms with van der Waals surface area (Å²) in [7, 11) is 0. The van der Waals surface area contributed by atoms with Gasteiger partial charge in [0.05, 0.1) is 23.4 Å². The highest BCUT2D eigenvalue weighted by Crippen LogP contribution is 2.41. The van der Waals surface area contributed by atoms with Crippen molar-refractivity contribution < 1.29 is 36.7 Å². The minimum absolute atomic E-state index is 0.00483. The van der Waals surface area contributed by atoms with E-state index in [1.807, 2.05) is 13.8 Å². The number of fused-ring (bicyclic) bond motifs is 3. The van der Waals surface area contributed by atoms with Crippen molar-refractivity contribution in [3.05, 3.63) is 70.7 Å². The van der Waals surface area contributed by atoms with E-state index >= 15 is 0 Å². The van der Waals surface area contributed by atoms with E-state index in [1.54, 1.807) is 19.9 Å². The van der Waals surface area contributed by atoms with Gasteiger partial charge in [-0.05, 0) is 47.9 Å². The molecule has 1 aliphatic rings. The van der Waals surface area contributed by atoms with Crippen LogP contribution < -0.4 is 20.7 Å². The minimum atomic E-state index is -4.67. The molecule has 6 atom stereocenters. The largest absolute Gasteiger partial charge is 0.418 e. The smallest absolute Gasteiger partial charge is 0.357 e. The number of para-hydroxylation sites is 1. The summed E-state index contributed by atoms with van der Waals surface area (Å²) >= 11 is 3.85. The van der Waals surface area contributed by atoms with E-state index in [2.05, 4.69) is 38.5 Å². The second-order valence-electron chi connectivity index (χ2n) is 12.5. The van der Waals surface area contributed by atoms with Gasteiger partial charge in [0.15, 0.2) is 0 Å². The molecule has 0 saturated heterocycles. The van der Waals surface area contributed by atoms with Crippen LogP contribution in [0.25, 0.3) is 10.9 Å². The Morgan fingerprint density at radius 1 is 0.938 bits per heavy atom. The first-order valence-corrected chi connectivity index (χ1v) is 16.4. The van der Waals surface area contributed by atoms with E-state index in [0.29, 0.717) is 18.4 Å². The maximum absolute atomic E-state index is 14.2. The van der Waals surface area contributed by atoms with Gasteiger partial charge >= 0.3 is 6.18 Å². The van der Waals surface area contributed by atoms with Crippen molar-refractivity contribution in [2.75, 3.05) is 0 Å². The van der Waals surface area contributed by atoms with E-state index in [9.17, 15) is 36.7 Å². The SMILES string of the molecule is CC[C@H](C)[C@H](NC(=O)Cc1ccccc1F)C(=O)N[C@H]1Cc2c([nH]c3c(C(F)(F)F)cccc23)C(C(=O)N[C@H](C(=O)NS)[C@@H](C)CC)C1. The number of hydrogen-bond acceptors (Lipinski definition) is 5. The Morgan fingerprint density at radius 2 is 1.58 bits per heavy atom. The zero-order chi connectivity index (χ0) is 35.3. The molecule has 1 aliphatic carbocycles. The predicted octanol–water partition coefficient (Wildman–Crippen LogP) is 5.11. The molecule has 0 aliphatic heterocycles. The van der Waals surface area contributed by atoms with Crippen molar-refractivity contribution in [2.24, 2.45) is 11.8 Å². The summed E-state index contributed by atoms with van der Waals surface area (Å²) in [6, 6.07) is 6.92. The van der Waals surface area contributed by atoms with Crippen LogP contribution in [0.2, 0.25) is 0 Å². The van der Waals surface area contributed by atoms with Gasteiger partial charge in [-0.1, -0.05) is 83.7 Å². The summed E-state index contributed by atoms with van der Waals surface area (Å²) in [6.07, 6.45) is -3.78. The van der Waals surface area contributed by atoms with Crippen molar-refractivity contribution >= 4 is 47.3 Å². The monoisotopic (exact) mass is 691 g/mol. The summed E-state index contributed by atoms with van der Waals surface area (Å²) < 4.78 is 58.5. The normalized spacial score (nSPS) is 18.6. The van der Waals surface area contributed by atoms with Crippen LogP contribution in [0.3, 0.4) is 0 Å². The van der Waals surface area contributed by atoms with Gasteiger partial charge < -0.3 is 25.7 Å². The van der Waals surface area contributed by atoms with Gasteiger partial charge in [0.25, 0.3) is 5.91 Å². The number of carbonyl (C=O) groups excluding carboxylic acids is 4. The van der Waals surface area contributed by atoms with Gasteiger partial charge in [-0.2, -0.15) is 13.2 Å². The Kier molecular flexibility index (Phi) is 11.8. The Morgan fingerprint density at radius 3 is 2.19 bits per heavy atom. The predicted molar refractivity (Wildman–Crippen MR) is 176 cm³/mol. The molecule has 9 nitrogen and oxygen atoms in total. The number of hydrogen-bond donors (Lipinski definition) is 6. The molecule has 0 fully saturated rings. The van der Waals surface area contributed by atoms with Crippen molar-refractivity contribution in [1.29, 1.82) is 0 Å². The summed E-state index contributed by atoms with van der Waals surface area (Å²) in [5.74, 6) is -4.46. The number of aromatic amines is 1. The lowest BCUT2D eigenvalue weighted by atomic mass is 9.82. The van der Waals surface area contributed by atoms with Crippen LogP contribution in [0.1, 0.15) is 75.3 Å². The number of aromatic nitrogens is 1. The lowest BCUT2D eigenvalue weighted by Crippen LogP contribution is -2.55. The Hall–Kier alpha value is -4.07. The number of benzene rings is 2. The molecule has 0 saturated carbocycles. The first kappa shape index (κ1) is 36.8. The van der Waals surface area contributed by atoms with Gasteiger partial charge in [-0.15, -0.1) is 0 Å². The highest BCUT2D eigenvalue weighted by atomic mass is 32.1. The minimum Gasteiger partial charge on any atom is -0.357 e. The van der Waals surface area contributed by atoms with Gasteiger partial charge in [0.2, 0.25) is 17.7 Å². The number of H-pyrrole nitrogens is 1. The van der Waals surface area contributed by atoms with E-state index in [0.717, 1.165) is 6.07 Å². The molecule has 0 radical (unpaired) electrons. The molecule has 4 rings (SSSR count). The molecular formula is C34H41F4N5O4S. The second kappa shape index (κ2) is 15.4. The molecule has 0 spiro atoms. The summed E-state index contributed by atoms with van der Waals surface area (Å²) in [5.41, 5.74) is -0.183. The lowest BCUT2D eigenvalue weighted by Gasteiger charge is -2.33.